The number of hydrogen-bond donors (Lipinski definition) is 1. The molecule has 1 aliphatic rings. The fourth-order valence-corrected chi connectivity index (χ4v) is 1.53. The molecule has 0 bridgehead atoms. The zero-order chi connectivity index (χ0) is 8.48. The lowest BCUT2D eigenvalue weighted by atomic mass is 9.83. The molecule has 2 nitrogen and oxygen atoms in total. The number of aliphatic hydroxyl groups is 1. The predicted octanol–water partition coefficient (Wildman–Crippen LogP) is 0.322. The molecule has 2 heteroatoms. The average molecular weight is 153 g/mol. The zero-order valence-corrected chi connectivity index (χ0v) is 7.17. The maximum Gasteiger partial charge on any atom is 0.130 e. The van der Waals surface area contributed by atoms with E-state index in [4.69, 9.17) is 6.42 Å². The maximum atomic E-state index is 9.80. The first-order chi connectivity index (χ1) is 5.08. The molecule has 2 atom stereocenters. The van der Waals surface area contributed by atoms with Gasteiger partial charge in [0.15, 0.2) is 0 Å². The van der Waals surface area contributed by atoms with E-state index in [-0.39, 0.29) is 5.92 Å². The van der Waals surface area contributed by atoms with Gasteiger partial charge in [-0.05, 0) is 7.05 Å². The van der Waals surface area contributed by atoms with Crippen LogP contribution in [0.4, 0.5) is 0 Å². The fourth-order valence-electron chi connectivity index (χ4n) is 1.53. The van der Waals surface area contributed by atoms with Crippen molar-refractivity contribution in [2.24, 2.45) is 5.92 Å². The first-order valence-corrected chi connectivity index (χ1v) is 3.97. The smallest absolute Gasteiger partial charge is 0.130 e. The summed E-state index contributed by atoms with van der Waals surface area (Å²) in [4.78, 5) is 2.19. The van der Waals surface area contributed by atoms with Gasteiger partial charge in [-0.3, -0.25) is 0 Å². The highest BCUT2D eigenvalue weighted by Crippen LogP contribution is 2.25. The van der Waals surface area contributed by atoms with Crippen molar-refractivity contribution in [1.29, 1.82) is 0 Å². The number of terminal acetylenes is 1. The van der Waals surface area contributed by atoms with Gasteiger partial charge in [0.1, 0.15) is 5.60 Å². The fraction of sp³-hybridized carbons (Fsp3) is 0.778. The van der Waals surface area contributed by atoms with E-state index in [2.05, 4.69) is 10.8 Å². The van der Waals surface area contributed by atoms with Gasteiger partial charge in [-0.15, -0.1) is 6.42 Å². The van der Waals surface area contributed by atoms with E-state index in [9.17, 15) is 5.11 Å². The van der Waals surface area contributed by atoms with Crippen LogP contribution in [0.25, 0.3) is 0 Å². The first kappa shape index (κ1) is 8.58. The van der Waals surface area contributed by atoms with Crippen molar-refractivity contribution in [3.05, 3.63) is 0 Å². The molecule has 0 amide bonds. The van der Waals surface area contributed by atoms with Gasteiger partial charge in [0.05, 0.1) is 0 Å². The van der Waals surface area contributed by atoms with E-state index in [0.29, 0.717) is 6.42 Å². The SMILES string of the molecule is C#C[C@]1(O)CCN(C)C[C@@H]1C. The second kappa shape index (κ2) is 2.84. The summed E-state index contributed by atoms with van der Waals surface area (Å²) < 4.78 is 0. The molecule has 1 aliphatic heterocycles. The van der Waals surface area contributed by atoms with E-state index in [0.717, 1.165) is 13.1 Å². The predicted molar refractivity (Wildman–Crippen MR) is 45.1 cm³/mol. The second-order valence-corrected chi connectivity index (χ2v) is 3.48. The van der Waals surface area contributed by atoms with Crippen LogP contribution >= 0.6 is 0 Å². The van der Waals surface area contributed by atoms with Crippen molar-refractivity contribution in [2.75, 3.05) is 20.1 Å². The number of hydrogen-bond acceptors (Lipinski definition) is 2. The van der Waals surface area contributed by atoms with E-state index in [1.54, 1.807) is 0 Å². The van der Waals surface area contributed by atoms with Crippen LogP contribution in [0.1, 0.15) is 13.3 Å². The Labute approximate surface area is 68.2 Å². The molecule has 0 unspecified atom stereocenters. The van der Waals surface area contributed by atoms with E-state index in [1.165, 1.54) is 0 Å². The van der Waals surface area contributed by atoms with E-state index < -0.39 is 5.60 Å². The summed E-state index contributed by atoms with van der Waals surface area (Å²) in [6, 6.07) is 0. The number of piperidine rings is 1. The van der Waals surface area contributed by atoms with Crippen LogP contribution in [0, 0.1) is 18.3 Å². The molecule has 0 aromatic heterocycles. The van der Waals surface area contributed by atoms with Crippen molar-refractivity contribution < 1.29 is 5.11 Å². The first-order valence-electron chi connectivity index (χ1n) is 3.97. The molecule has 1 rings (SSSR count). The van der Waals surface area contributed by atoms with Gasteiger partial charge in [-0.1, -0.05) is 12.8 Å². The lowest BCUT2D eigenvalue weighted by molar-refractivity contribution is -0.0123. The standard InChI is InChI=1S/C9H15NO/c1-4-9(11)5-6-10(3)7-8(9)2/h1,8,11H,5-7H2,2-3H3/t8-,9-/m0/s1. The number of nitrogens with zero attached hydrogens (tertiary/aromatic N) is 1. The number of rotatable bonds is 0. The van der Waals surface area contributed by atoms with Crippen LogP contribution in [0.3, 0.4) is 0 Å². The highest BCUT2D eigenvalue weighted by atomic mass is 16.3. The summed E-state index contributed by atoms with van der Waals surface area (Å²) >= 11 is 0. The summed E-state index contributed by atoms with van der Waals surface area (Å²) in [5, 5.41) is 9.80. The van der Waals surface area contributed by atoms with Crippen molar-refractivity contribution in [1.82, 2.24) is 4.90 Å². The minimum atomic E-state index is -0.855. The molecule has 0 spiro atoms. The summed E-state index contributed by atoms with van der Waals surface area (Å²) in [6.07, 6.45) is 5.95. The summed E-state index contributed by atoms with van der Waals surface area (Å²) in [7, 11) is 2.05. The Morgan fingerprint density at radius 3 is 2.82 bits per heavy atom. The van der Waals surface area contributed by atoms with Crippen molar-refractivity contribution in [3.8, 4) is 12.3 Å². The van der Waals surface area contributed by atoms with Crippen LogP contribution in [0.2, 0.25) is 0 Å². The lowest BCUT2D eigenvalue weighted by Gasteiger charge is -2.38. The highest BCUT2D eigenvalue weighted by molar-refractivity contribution is 5.11. The van der Waals surface area contributed by atoms with Crippen LogP contribution in [-0.2, 0) is 0 Å². The largest absolute Gasteiger partial charge is 0.377 e. The molecule has 1 N–H and O–H groups in total. The molecule has 1 heterocycles. The Kier molecular flexibility index (Phi) is 2.22. The third-order valence-corrected chi connectivity index (χ3v) is 2.53. The third-order valence-electron chi connectivity index (χ3n) is 2.53. The topological polar surface area (TPSA) is 23.5 Å². The Hall–Kier alpha value is -0.520. The van der Waals surface area contributed by atoms with Crippen LogP contribution in [-0.4, -0.2) is 35.7 Å². The molecule has 1 saturated heterocycles. The van der Waals surface area contributed by atoms with Gasteiger partial charge in [-0.2, -0.15) is 0 Å². The van der Waals surface area contributed by atoms with Gasteiger partial charge in [-0.25, -0.2) is 0 Å². The molecular weight excluding hydrogens is 138 g/mol. The Balaban J connectivity index is 2.66. The third kappa shape index (κ3) is 1.55. The molecule has 62 valence electrons. The van der Waals surface area contributed by atoms with Crippen LogP contribution in [0.15, 0.2) is 0 Å². The Morgan fingerprint density at radius 1 is 1.73 bits per heavy atom. The van der Waals surface area contributed by atoms with Gasteiger partial charge in [0, 0.05) is 25.4 Å². The Bertz CT molecular complexity index is 184. The van der Waals surface area contributed by atoms with E-state index >= 15 is 0 Å². The molecule has 0 aromatic carbocycles. The minimum absolute atomic E-state index is 0.186. The summed E-state index contributed by atoms with van der Waals surface area (Å²) in [5.74, 6) is 2.67. The zero-order valence-electron chi connectivity index (χ0n) is 7.17. The molecule has 0 aromatic rings. The second-order valence-electron chi connectivity index (χ2n) is 3.48. The number of likely N-dealkylation sites (tertiary alicyclic amines) is 1. The molecule has 0 aliphatic carbocycles. The van der Waals surface area contributed by atoms with Crippen molar-refractivity contribution in [2.45, 2.75) is 18.9 Å². The molecule has 0 saturated carbocycles. The van der Waals surface area contributed by atoms with Crippen molar-refractivity contribution in [3.63, 3.8) is 0 Å². The summed E-state index contributed by atoms with van der Waals surface area (Å²) in [5.41, 5.74) is -0.855. The monoisotopic (exact) mass is 153 g/mol. The normalized spacial score (nSPS) is 40.0. The molecule has 11 heavy (non-hydrogen) atoms. The minimum Gasteiger partial charge on any atom is -0.377 e. The molecule has 0 radical (unpaired) electrons. The quantitative estimate of drug-likeness (QED) is 0.507. The highest BCUT2D eigenvalue weighted by Gasteiger charge is 2.35. The molecular formula is C9H15NO. The Morgan fingerprint density at radius 2 is 2.36 bits per heavy atom. The van der Waals surface area contributed by atoms with E-state index in [1.807, 2.05) is 14.0 Å². The summed E-state index contributed by atoms with van der Waals surface area (Å²) in [6.45, 7) is 3.78. The molecule has 1 fully saturated rings. The van der Waals surface area contributed by atoms with Crippen molar-refractivity contribution >= 4 is 0 Å². The van der Waals surface area contributed by atoms with Gasteiger partial charge >= 0.3 is 0 Å². The lowest BCUT2D eigenvalue weighted by Crippen LogP contribution is -2.48. The van der Waals surface area contributed by atoms with Gasteiger partial charge in [0.2, 0.25) is 0 Å². The van der Waals surface area contributed by atoms with Crippen LogP contribution < -0.4 is 0 Å². The maximum absolute atomic E-state index is 9.80. The van der Waals surface area contributed by atoms with Gasteiger partial charge < -0.3 is 10.0 Å². The average Bonchev–Trinajstić information content (AvgIpc) is 1.98. The van der Waals surface area contributed by atoms with Crippen LogP contribution in [0.5, 0.6) is 0 Å². The van der Waals surface area contributed by atoms with Gasteiger partial charge in [0.25, 0.3) is 0 Å².